The maximum Gasteiger partial charge on any atom is 0.0465 e. The van der Waals surface area contributed by atoms with Gasteiger partial charge in [-0.3, -0.25) is 0 Å². The van der Waals surface area contributed by atoms with E-state index >= 15 is 0 Å². The third kappa shape index (κ3) is 3.06. The number of hydrogen-bond acceptors (Lipinski definition) is 0. The summed E-state index contributed by atoms with van der Waals surface area (Å²) in [6.07, 6.45) is 0. The van der Waals surface area contributed by atoms with Gasteiger partial charge in [-0.15, -0.1) is 0 Å². The zero-order chi connectivity index (χ0) is 28.1. The molecule has 1 heterocycles. The number of para-hydroxylation sites is 1. The van der Waals surface area contributed by atoms with E-state index in [-0.39, 0.29) is 0 Å². The van der Waals surface area contributed by atoms with Crippen LogP contribution >= 0.6 is 0 Å². The van der Waals surface area contributed by atoms with Crippen LogP contribution in [0.15, 0.2) is 146 Å². The Bertz CT molecular complexity index is 2540. The highest BCUT2D eigenvalue weighted by atomic mass is 14.7. The Labute approximate surface area is 249 Å². The lowest BCUT2D eigenvalue weighted by molar-refractivity contribution is 1.53. The number of aromatic amines is 1. The first-order chi connectivity index (χ1) is 21.3. The molecule has 0 bridgehead atoms. The van der Waals surface area contributed by atoms with Gasteiger partial charge in [-0.2, -0.15) is 0 Å². The Morgan fingerprint density at radius 2 is 0.860 bits per heavy atom. The summed E-state index contributed by atoms with van der Waals surface area (Å²) in [5.41, 5.74) is 15.6. The van der Waals surface area contributed by atoms with Gasteiger partial charge < -0.3 is 4.98 Å². The van der Waals surface area contributed by atoms with Crippen molar-refractivity contribution in [2.24, 2.45) is 0 Å². The molecule has 2 aliphatic carbocycles. The van der Waals surface area contributed by atoms with Crippen molar-refractivity contribution in [3.63, 3.8) is 0 Å². The van der Waals surface area contributed by atoms with Crippen molar-refractivity contribution < 1.29 is 0 Å². The topological polar surface area (TPSA) is 15.8 Å². The first kappa shape index (κ1) is 23.0. The van der Waals surface area contributed by atoms with Crippen LogP contribution in [0.5, 0.6) is 0 Å². The molecular formula is C42H25N. The van der Waals surface area contributed by atoms with E-state index < -0.39 is 0 Å². The average molecular weight is 544 g/mol. The number of nitrogens with one attached hydrogen (secondary N) is 1. The van der Waals surface area contributed by atoms with Crippen LogP contribution in [0.4, 0.5) is 0 Å². The van der Waals surface area contributed by atoms with E-state index in [0.29, 0.717) is 0 Å². The van der Waals surface area contributed by atoms with Gasteiger partial charge in [-0.25, -0.2) is 0 Å². The fourth-order valence-corrected chi connectivity index (χ4v) is 7.72. The van der Waals surface area contributed by atoms with Gasteiger partial charge in [0.05, 0.1) is 0 Å². The highest BCUT2D eigenvalue weighted by Crippen LogP contribution is 2.60. The van der Waals surface area contributed by atoms with E-state index in [1.807, 2.05) is 0 Å². The van der Waals surface area contributed by atoms with Crippen LogP contribution in [-0.4, -0.2) is 4.98 Å². The summed E-state index contributed by atoms with van der Waals surface area (Å²) in [4.78, 5) is 3.63. The number of hydrogen-bond donors (Lipinski definition) is 1. The second-order valence-corrected chi connectivity index (χ2v) is 11.7. The monoisotopic (exact) mass is 543 g/mol. The number of benzene rings is 7. The summed E-state index contributed by atoms with van der Waals surface area (Å²) in [7, 11) is 0. The molecule has 0 saturated heterocycles. The van der Waals surface area contributed by atoms with Gasteiger partial charge in [-0.1, -0.05) is 127 Å². The predicted octanol–water partition coefficient (Wildman–Crippen LogP) is 10.9. The SMILES string of the molecule is c1ccc(C2=C3C(=C(c4ccc5[nH]c6ccccc6c5c4)c4c3ccc3ccccc43)c3ccc4ccccc4c32)cc1. The van der Waals surface area contributed by atoms with Crippen LogP contribution in [0.3, 0.4) is 0 Å². The van der Waals surface area contributed by atoms with Crippen LogP contribution in [0.25, 0.3) is 65.6 Å². The molecule has 0 aliphatic heterocycles. The third-order valence-electron chi connectivity index (χ3n) is 9.50. The molecule has 1 N–H and O–H groups in total. The van der Waals surface area contributed by atoms with Gasteiger partial charge in [0.25, 0.3) is 0 Å². The molecular weight excluding hydrogens is 518 g/mol. The van der Waals surface area contributed by atoms with Crippen molar-refractivity contribution >= 4 is 65.6 Å². The summed E-state index contributed by atoms with van der Waals surface area (Å²) in [5, 5.41) is 7.68. The van der Waals surface area contributed by atoms with E-state index in [1.165, 1.54) is 99.0 Å². The molecule has 2 aliphatic rings. The molecule has 8 aromatic rings. The zero-order valence-corrected chi connectivity index (χ0v) is 23.4. The molecule has 43 heavy (non-hydrogen) atoms. The number of H-pyrrole nitrogens is 1. The molecule has 10 rings (SSSR count). The maximum absolute atomic E-state index is 3.63. The molecule has 198 valence electrons. The average Bonchev–Trinajstić information content (AvgIpc) is 3.72. The highest BCUT2D eigenvalue weighted by molar-refractivity contribution is 6.38. The molecule has 0 saturated carbocycles. The Kier molecular flexibility index (Phi) is 4.51. The van der Waals surface area contributed by atoms with Gasteiger partial charge >= 0.3 is 0 Å². The molecule has 0 spiro atoms. The number of allylic oxidation sites excluding steroid dienone is 2. The summed E-state index contributed by atoms with van der Waals surface area (Å²) < 4.78 is 0. The Morgan fingerprint density at radius 1 is 0.326 bits per heavy atom. The molecule has 0 atom stereocenters. The van der Waals surface area contributed by atoms with Crippen LogP contribution in [0, 0.1) is 0 Å². The molecule has 1 aromatic heterocycles. The smallest absolute Gasteiger partial charge is 0.0465 e. The predicted molar refractivity (Wildman–Crippen MR) is 182 cm³/mol. The van der Waals surface area contributed by atoms with Gasteiger partial charge in [-0.05, 0) is 95.4 Å². The summed E-state index contributed by atoms with van der Waals surface area (Å²) in [6, 6.07) is 53.6. The van der Waals surface area contributed by atoms with E-state index in [4.69, 9.17) is 0 Å². The van der Waals surface area contributed by atoms with E-state index in [0.717, 1.165) is 0 Å². The first-order valence-electron chi connectivity index (χ1n) is 15.0. The standard InChI is InChI=1S/C42H25N/c1-2-12-27(13-3-1)37-39-29-14-6-4-10-25(29)18-21-32(39)42-38(40-30-15-7-5-11-26(30)19-22-33(40)41(37)42)28-20-23-36-34(24-28)31-16-8-9-17-35(31)43-36/h1-24,43H. The lowest BCUT2D eigenvalue weighted by Crippen LogP contribution is -1.95. The van der Waals surface area contributed by atoms with E-state index in [1.54, 1.807) is 0 Å². The normalized spacial score (nSPS) is 13.9. The lowest BCUT2D eigenvalue weighted by Gasteiger charge is -2.16. The maximum atomic E-state index is 3.63. The minimum absolute atomic E-state index is 1.17. The fraction of sp³-hybridized carbons (Fsp3) is 0. The van der Waals surface area contributed by atoms with Crippen LogP contribution in [-0.2, 0) is 0 Å². The first-order valence-corrected chi connectivity index (χ1v) is 15.0. The van der Waals surface area contributed by atoms with Crippen molar-refractivity contribution in [1.82, 2.24) is 4.98 Å². The van der Waals surface area contributed by atoms with Crippen molar-refractivity contribution in [2.75, 3.05) is 0 Å². The second-order valence-electron chi connectivity index (χ2n) is 11.7. The van der Waals surface area contributed by atoms with E-state index in [2.05, 4.69) is 151 Å². The molecule has 0 fully saturated rings. The van der Waals surface area contributed by atoms with Crippen LogP contribution in [0.2, 0.25) is 0 Å². The number of fused-ring (bicyclic) bond motifs is 12. The van der Waals surface area contributed by atoms with Gasteiger partial charge in [0.1, 0.15) is 0 Å². The molecule has 0 radical (unpaired) electrons. The van der Waals surface area contributed by atoms with Crippen molar-refractivity contribution in [3.05, 3.63) is 179 Å². The number of aromatic nitrogens is 1. The van der Waals surface area contributed by atoms with Crippen molar-refractivity contribution in [2.45, 2.75) is 0 Å². The Hall–Kier alpha value is -5.66. The van der Waals surface area contributed by atoms with E-state index in [9.17, 15) is 0 Å². The molecule has 0 unspecified atom stereocenters. The summed E-state index contributed by atoms with van der Waals surface area (Å²) >= 11 is 0. The quantitative estimate of drug-likeness (QED) is 0.223. The van der Waals surface area contributed by atoms with Crippen molar-refractivity contribution in [3.8, 4) is 0 Å². The molecule has 0 amide bonds. The Morgan fingerprint density at radius 3 is 1.53 bits per heavy atom. The van der Waals surface area contributed by atoms with Crippen LogP contribution in [0.1, 0.15) is 33.4 Å². The fourth-order valence-electron chi connectivity index (χ4n) is 7.72. The van der Waals surface area contributed by atoms with Crippen LogP contribution < -0.4 is 0 Å². The highest BCUT2D eigenvalue weighted by Gasteiger charge is 2.39. The zero-order valence-electron chi connectivity index (χ0n) is 23.4. The minimum atomic E-state index is 1.17. The van der Waals surface area contributed by atoms with Crippen molar-refractivity contribution in [1.29, 1.82) is 0 Å². The van der Waals surface area contributed by atoms with Gasteiger partial charge in [0.2, 0.25) is 0 Å². The molecule has 1 heteroatoms. The molecule has 7 aromatic carbocycles. The summed E-state index contributed by atoms with van der Waals surface area (Å²) in [6.45, 7) is 0. The lowest BCUT2D eigenvalue weighted by atomic mass is 9.87. The van der Waals surface area contributed by atoms with Gasteiger partial charge in [0.15, 0.2) is 0 Å². The molecule has 1 nitrogen and oxygen atoms in total. The minimum Gasteiger partial charge on any atom is -0.355 e. The largest absolute Gasteiger partial charge is 0.355 e. The second kappa shape index (κ2) is 8.44. The summed E-state index contributed by atoms with van der Waals surface area (Å²) in [5.74, 6) is 0. The number of rotatable bonds is 2. The Balaban J connectivity index is 1.41. The van der Waals surface area contributed by atoms with Gasteiger partial charge in [0, 0.05) is 21.8 Å². The third-order valence-corrected chi connectivity index (χ3v) is 9.50.